The van der Waals surface area contributed by atoms with Crippen molar-refractivity contribution in [2.24, 2.45) is 0 Å². The van der Waals surface area contributed by atoms with Gasteiger partial charge in [-0.1, -0.05) is 36.4 Å². The summed E-state index contributed by atoms with van der Waals surface area (Å²) in [6.07, 6.45) is 0.00991. The van der Waals surface area contributed by atoms with Crippen molar-refractivity contribution < 1.29 is 69.9 Å². The molecule has 25 heteroatoms. The van der Waals surface area contributed by atoms with E-state index in [9.17, 15) is 70.1 Å². The molecule has 0 bridgehead atoms. The Morgan fingerprint density at radius 2 is 1.31 bits per heavy atom. The van der Waals surface area contributed by atoms with Crippen molar-refractivity contribution in [2.45, 2.75) is 26.0 Å². The lowest BCUT2D eigenvalue weighted by atomic mass is 9.80. The maximum absolute atomic E-state index is 14.4. The Bertz CT molecular complexity index is 3270. The number of fused-ring (bicyclic) bond motifs is 2. The van der Waals surface area contributed by atoms with Crippen molar-refractivity contribution in [3.8, 4) is 11.1 Å². The molecule has 4 aromatic carbocycles. The summed E-state index contributed by atoms with van der Waals surface area (Å²) in [5.74, 6) is -3.14. The number of nitrogens with one attached hydrogen (secondary N) is 2. The van der Waals surface area contributed by atoms with Gasteiger partial charge in [0.1, 0.15) is 9.79 Å². The monoisotopic (exact) mass is 928 g/mol. The normalized spacial score (nSPS) is 13.3. The first-order chi connectivity index (χ1) is 27.3. The first-order valence-electron chi connectivity index (χ1n) is 16.4. The lowest BCUT2D eigenvalue weighted by Crippen LogP contribution is -2.25. The van der Waals surface area contributed by atoms with Crippen LogP contribution in [0.4, 0.5) is 11.4 Å². The molecule has 0 fully saturated rings. The average molecular weight is 929 g/mol. The van der Waals surface area contributed by atoms with Crippen LogP contribution in [0.2, 0.25) is 0 Å². The van der Waals surface area contributed by atoms with Crippen LogP contribution in [0, 0.1) is 0 Å². The third kappa shape index (κ3) is 9.03. The Hall–Kier alpha value is -4.83. The molecule has 0 unspecified atom stereocenters. The highest BCUT2D eigenvalue weighted by molar-refractivity contribution is 8.00. The quantitative estimate of drug-likeness (QED) is 0.0489. The van der Waals surface area contributed by atoms with E-state index < -0.39 is 137 Å². The number of anilines is 2. The van der Waals surface area contributed by atoms with Crippen molar-refractivity contribution >= 4 is 95.9 Å². The van der Waals surface area contributed by atoms with Crippen LogP contribution in [0.25, 0.3) is 22.0 Å². The van der Waals surface area contributed by atoms with Crippen LogP contribution < -0.4 is 10.9 Å². The number of rotatable bonds is 15. The maximum Gasteiger partial charge on any atom is 0.296 e. The summed E-state index contributed by atoms with van der Waals surface area (Å²) in [7, 11) is -24.0. The molecule has 59 heavy (non-hydrogen) atoms. The third-order valence-corrected chi connectivity index (χ3v) is 15.4. The van der Waals surface area contributed by atoms with Gasteiger partial charge in [-0.25, -0.2) is 8.42 Å². The van der Waals surface area contributed by atoms with Crippen molar-refractivity contribution in [1.29, 1.82) is 0 Å². The highest BCUT2D eigenvalue weighted by Crippen LogP contribution is 2.46. The zero-order valence-corrected chi connectivity index (χ0v) is 34.4. The molecule has 1 aromatic heterocycles. The lowest BCUT2D eigenvalue weighted by molar-refractivity contribution is 0.102. The maximum atomic E-state index is 14.4. The Morgan fingerprint density at radius 3 is 1.93 bits per heavy atom. The molecular weight excluding hydrogens is 901 g/mol. The van der Waals surface area contributed by atoms with Gasteiger partial charge in [-0.2, -0.15) is 45.4 Å². The van der Waals surface area contributed by atoms with E-state index in [4.69, 9.17) is 4.55 Å². The number of H-pyrrole nitrogens is 1. The molecule has 1 aliphatic carbocycles. The van der Waals surface area contributed by atoms with E-state index in [0.717, 1.165) is 48.2 Å². The van der Waals surface area contributed by atoms with Gasteiger partial charge in [-0.15, -0.1) is 0 Å². The number of carbonyl (C=O) groups is 2. The Kier molecular flexibility index (Phi) is 11.6. The van der Waals surface area contributed by atoms with Crippen LogP contribution in [-0.2, 0) is 50.3 Å². The van der Waals surface area contributed by atoms with E-state index in [-0.39, 0.29) is 34.6 Å². The number of carbonyl (C=O) groups excluding carboxylic acids is 2. The molecule has 6 N–H and O–H groups in total. The van der Waals surface area contributed by atoms with Crippen molar-refractivity contribution in [3.63, 3.8) is 0 Å². The number of pyridine rings is 1. The predicted octanol–water partition coefficient (Wildman–Crippen LogP) is 3.24. The summed E-state index contributed by atoms with van der Waals surface area (Å²) in [5.41, 5.74) is -5.72. The number of aromatic amines is 1. The second-order valence-electron chi connectivity index (χ2n) is 12.8. The van der Waals surface area contributed by atoms with Gasteiger partial charge in [0.15, 0.2) is 21.4 Å². The SMILES string of the molecule is O=C(c1cccc(S(=O)(=O)O)c1)c1c2c3c(c(Nc4cc(S(=O)(=O)CCSCCCS(=O)(=O)O)ccc4S(=O)(=O)O)cc(S(=O)(=O)O)c3[nH]c1=O)C(=O)c1ccccc1-2. The van der Waals surface area contributed by atoms with Gasteiger partial charge < -0.3 is 10.3 Å². The fourth-order valence-electron chi connectivity index (χ4n) is 6.35. The van der Waals surface area contributed by atoms with Gasteiger partial charge in [-0.05, 0) is 54.1 Å². The Balaban J connectivity index is 1.59. The average Bonchev–Trinajstić information content (AvgIpc) is 3.13. The van der Waals surface area contributed by atoms with Gasteiger partial charge >= 0.3 is 0 Å². The number of thioether (sulfide) groups is 1. The molecule has 0 spiro atoms. The number of benzene rings is 4. The summed E-state index contributed by atoms with van der Waals surface area (Å²) >= 11 is 1.03. The Morgan fingerprint density at radius 1 is 0.644 bits per heavy atom. The van der Waals surface area contributed by atoms with Gasteiger partial charge in [-0.3, -0.25) is 32.6 Å². The zero-order chi connectivity index (χ0) is 43.5. The molecule has 6 rings (SSSR count). The molecule has 19 nitrogen and oxygen atoms in total. The predicted molar refractivity (Wildman–Crippen MR) is 213 cm³/mol. The standard InChI is InChI=1S/C34H28N2O17S6/c37-32(18-5-3-6-20(15-18)57(45,46)47)30-27-21-7-1-2-8-22(21)33(38)28-24(17-26(59(51,52)53)31(29(27)28)36-34(30)39)35-23-16-19(9-10-25(23)58(48,49)50)55(40,41)14-12-54-11-4-13-56(42,43)44/h1-3,5-10,15-17,35H,4,11-14H2,(H,36,39)(H,42,43,44)(H,45,46,47)(H,48,49,50)(H,51,52,53). The molecule has 0 saturated carbocycles. The van der Waals surface area contributed by atoms with Crippen LogP contribution in [0.1, 0.15) is 38.3 Å². The van der Waals surface area contributed by atoms with Crippen LogP contribution >= 0.6 is 11.8 Å². The highest BCUT2D eigenvalue weighted by atomic mass is 32.2. The van der Waals surface area contributed by atoms with Crippen LogP contribution in [0.3, 0.4) is 0 Å². The molecule has 0 radical (unpaired) electrons. The van der Waals surface area contributed by atoms with Crippen LogP contribution in [0.15, 0.2) is 97.2 Å². The Labute approximate surface area is 339 Å². The first kappa shape index (κ1) is 43.7. The summed E-state index contributed by atoms with van der Waals surface area (Å²) < 4.78 is 162. The minimum Gasteiger partial charge on any atom is -0.354 e. The topological polar surface area (TPSA) is 331 Å². The van der Waals surface area contributed by atoms with Gasteiger partial charge in [0.2, 0.25) is 0 Å². The fraction of sp³-hybridized carbons (Fsp3) is 0.147. The second-order valence-corrected chi connectivity index (χ2v) is 21.9. The zero-order valence-electron chi connectivity index (χ0n) is 29.5. The van der Waals surface area contributed by atoms with E-state index in [1.807, 2.05) is 0 Å². The summed E-state index contributed by atoms with van der Waals surface area (Å²) in [5, 5.41) is 2.02. The molecule has 0 saturated heterocycles. The highest BCUT2D eigenvalue weighted by Gasteiger charge is 2.36. The van der Waals surface area contributed by atoms with E-state index in [2.05, 4.69) is 10.3 Å². The number of sulfone groups is 1. The molecule has 312 valence electrons. The van der Waals surface area contributed by atoms with E-state index >= 15 is 0 Å². The van der Waals surface area contributed by atoms with Gasteiger partial charge in [0.05, 0.1) is 49.3 Å². The van der Waals surface area contributed by atoms with Crippen molar-refractivity contribution in [1.82, 2.24) is 4.98 Å². The molecule has 0 aliphatic heterocycles. The molecule has 0 atom stereocenters. The fourth-order valence-corrected chi connectivity index (χ4v) is 11.6. The summed E-state index contributed by atoms with van der Waals surface area (Å²) in [6, 6.07) is 12.3. The molecular formula is C34H28N2O17S6. The third-order valence-electron chi connectivity index (χ3n) is 8.87. The van der Waals surface area contributed by atoms with Crippen LogP contribution in [0.5, 0.6) is 0 Å². The number of aromatic nitrogens is 1. The minimum absolute atomic E-state index is 0.00991. The summed E-state index contributed by atoms with van der Waals surface area (Å²) in [4.78, 5) is 41.3. The van der Waals surface area contributed by atoms with E-state index in [0.29, 0.717) is 12.1 Å². The van der Waals surface area contributed by atoms with Crippen LogP contribution in [-0.4, -0.2) is 99.9 Å². The smallest absolute Gasteiger partial charge is 0.296 e. The number of hydrogen-bond acceptors (Lipinski definition) is 15. The first-order valence-corrected chi connectivity index (χ1v) is 25.2. The van der Waals surface area contributed by atoms with Crippen molar-refractivity contribution in [3.05, 3.63) is 105 Å². The second kappa shape index (κ2) is 15.6. The largest absolute Gasteiger partial charge is 0.354 e. The summed E-state index contributed by atoms with van der Waals surface area (Å²) in [6.45, 7) is 0. The van der Waals surface area contributed by atoms with Gasteiger partial charge in [0.25, 0.3) is 46.0 Å². The van der Waals surface area contributed by atoms with Gasteiger partial charge in [0, 0.05) is 27.8 Å². The number of hydrogen-bond donors (Lipinski definition) is 6. The molecule has 5 aromatic rings. The molecule has 0 amide bonds. The minimum atomic E-state index is -5.39. The van der Waals surface area contributed by atoms with E-state index in [1.165, 1.54) is 24.3 Å². The molecule has 1 heterocycles. The molecule has 1 aliphatic rings. The number of ketones is 2. The van der Waals surface area contributed by atoms with Crippen molar-refractivity contribution in [2.75, 3.05) is 28.3 Å². The lowest BCUT2D eigenvalue weighted by Gasteiger charge is -2.25. The van der Waals surface area contributed by atoms with E-state index in [1.54, 1.807) is 0 Å².